The summed E-state index contributed by atoms with van der Waals surface area (Å²) in [5.41, 5.74) is 0. The molecule has 0 saturated carbocycles. The topological polar surface area (TPSA) is 32.8 Å². The number of aliphatic hydroxyl groups is 1. The first-order valence-corrected chi connectivity index (χ1v) is 3.77. The molecule has 58 valence electrons. The van der Waals surface area contributed by atoms with Gasteiger partial charge in [0.15, 0.2) is 0 Å². The molecule has 1 N–H and O–H groups in total. The molecule has 1 aliphatic rings. The number of epoxide rings is 1. The maximum absolute atomic E-state index is 8.46. The predicted molar refractivity (Wildman–Crippen MR) is 39.8 cm³/mol. The Kier molecular flexibility index (Phi) is 2.90. The summed E-state index contributed by atoms with van der Waals surface area (Å²) in [5.74, 6) is 0. The third-order valence-corrected chi connectivity index (χ3v) is 1.75. The summed E-state index contributed by atoms with van der Waals surface area (Å²) in [6.45, 7) is 3.92. The number of hydrogen-bond donors (Lipinski definition) is 1. The highest BCUT2D eigenvalue weighted by atomic mass is 16.6. The second kappa shape index (κ2) is 3.74. The fourth-order valence-corrected chi connectivity index (χ4v) is 1.05. The van der Waals surface area contributed by atoms with Gasteiger partial charge in [0.1, 0.15) is 6.10 Å². The smallest absolute Gasteiger partial charge is 0.102 e. The number of rotatable bonds is 5. The van der Waals surface area contributed by atoms with Gasteiger partial charge in [-0.2, -0.15) is 0 Å². The van der Waals surface area contributed by atoms with Crippen LogP contribution in [0.4, 0.5) is 0 Å². The Bertz CT molecular complexity index is 112. The largest absolute Gasteiger partial charge is 0.396 e. The Morgan fingerprint density at radius 3 is 2.80 bits per heavy atom. The van der Waals surface area contributed by atoms with Crippen LogP contribution in [0.25, 0.3) is 0 Å². The second-order valence-electron chi connectivity index (χ2n) is 2.59. The summed E-state index contributed by atoms with van der Waals surface area (Å²) in [4.78, 5) is 0. The molecule has 0 spiro atoms. The van der Waals surface area contributed by atoms with Crippen molar-refractivity contribution in [2.24, 2.45) is 0 Å². The maximum atomic E-state index is 8.46. The van der Waals surface area contributed by atoms with Gasteiger partial charge in [-0.15, -0.1) is 6.58 Å². The van der Waals surface area contributed by atoms with Crippen LogP contribution in [0.3, 0.4) is 0 Å². The second-order valence-corrected chi connectivity index (χ2v) is 2.59. The van der Waals surface area contributed by atoms with Crippen molar-refractivity contribution in [2.45, 2.75) is 31.5 Å². The van der Waals surface area contributed by atoms with Crippen LogP contribution < -0.4 is 0 Å². The minimum Gasteiger partial charge on any atom is -0.396 e. The average Bonchev–Trinajstić information content (AvgIpc) is 2.68. The molecular formula is C8H14O2. The summed E-state index contributed by atoms with van der Waals surface area (Å²) in [5, 5.41) is 8.46. The zero-order chi connectivity index (χ0) is 7.40. The molecule has 1 aliphatic heterocycles. The van der Waals surface area contributed by atoms with Crippen molar-refractivity contribution < 1.29 is 9.84 Å². The van der Waals surface area contributed by atoms with Crippen LogP contribution in [0.5, 0.6) is 0 Å². The lowest BCUT2D eigenvalue weighted by Gasteiger charge is -1.91. The van der Waals surface area contributed by atoms with Crippen molar-refractivity contribution in [1.82, 2.24) is 0 Å². The third kappa shape index (κ3) is 2.12. The van der Waals surface area contributed by atoms with Crippen molar-refractivity contribution in [3.8, 4) is 0 Å². The van der Waals surface area contributed by atoms with E-state index < -0.39 is 0 Å². The minimum absolute atomic E-state index is 0.297. The summed E-state index contributed by atoms with van der Waals surface area (Å²) < 4.78 is 5.21. The number of ether oxygens (including phenoxy) is 1. The molecule has 1 fully saturated rings. The van der Waals surface area contributed by atoms with Gasteiger partial charge < -0.3 is 9.84 Å². The van der Waals surface area contributed by atoms with Gasteiger partial charge in [0.05, 0.1) is 6.10 Å². The highest BCUT2D eigenvalue weighted by Crippen LogP contribution is 2.27. The SMILES string of the molecule is C=CC1OC1CCCCO. The molecular weight excluding hydrogens is 128 g/mol. The van der Waals surface area contributed by atoms with Crippen molar-refractivity contribution in [3.05, 3.63) is 12.7 Å². The molecule has 0 amide bonds. The number of aliphatic hydroxyl groups excluding tert-OH is 1. The van der Waals surface area contributed by atoms with Gasteiger partial charge in [-0.05, 0) is 19.3 Å². The van der Waals surface area contributed by atoms with Gasteiger partial charge in [-0.25, -0.2) is 0 Å². The molecule has 1 heterocycles. The van der Waals surface area contributed by atoms with Gasteiger partial charge in [-0.1, -0.05) is 6.08 Å². The standard InChI is InChI=1S/C8H14O2/c1-2-7-8(10-7)5-3-4-6-9/h2,7-9H,1,3-6H2. The number of hydrogen-bond acceptors (Lipinski definition) is 2. The van der Waals surface area contributed by atoms with Crippen LogP contribution in [0.1, 0.15) is 19.3 Å². The Morgan fingerprint density at radius 1 is 1.50 bits per heavy atom. The quantitative estimate of drug-likeness (QED) is 0.354. The van der Waals surface area contributed by atoms with Crippen LogP contribution >= 0.6 is 0 Å². The molecule has 2 unspecified atom stereocenters. The monoisotopic (exact) mass is 142 g/mol. The van der Waals surface area contributed by atoms with Crippen molar-refractivity contribution in [2.75, 3.05) is 6.61 Å². The van der Waals surface area contributed by atoms with E-state index in [4.69, 9.17) is 9.84 Å². The van der Waals surface area contributed by atoms with Gasteiger partial charge in [0.2, 0.25) is 0 Å². The molecule has 0 bridgehead atoms. The first-order chi connectivity index (χ1) is 4.88. The van der Waals surface area contributed by atoms with Crippen LogP contribution in [0.2, 0.25) is 0 Å². The lowest BCUT2D eigenvalue weighted by atomic mass is 10.1. The predicted octanol–water partition coefficient (Wildman–Crippen LogP) is 1.10. The zero-order valence-corrected chi connectivity index (χ0v) is 6.12. The Hall–Kier alpha value is -0.340. The van der Waals surface area contributed by atoms with E-state index in [2.05, 4.69) is 6.58 Å². The maximum Gasteiger partial charge on any atom is 0.102 e. The lowest BCUT2D eigenvalue weighted by Crippen LogP contribution is -1.91. The Labute approximate surface area is 61.5 Å². The zero-order valence-electron chi connectivity index (χ0n) is 6.12. The average molecular weight is 142 g/mol. The van der Waals surface area contributed by atoms with Crippen molar-refractivity contribution in [3.63, 3.8) is 0 Å². The molecule has 0 aliphatic carbocycles. The molecule has 1 rings (SSSR count). The molecule has 1 saturated heterocycles. The van der Waals surface area contributed by atoms with E-state index in [0.717, 1.165) is 19.3 Å². The Morgan fingerprint density at radius 2 is 2.30 bits per heavy atom. The summed E-state index contributed by atoms with van der Waals surface area (Å²) in [6, 6.07) is 0. The van der Waals surface area contributed by atoms with Crippen LogP contribution in [-0.4, -0.2) is 23.9 Å². The van der Waals surface area contributed by atoms with E-state index in [0.29, 0.717) is 18.8 Å². The fraction of sp³-hybridized carbons (Fsp3) is 0.750. The van der Waals surface area contributed by atoms with Gasteiger partial charge in [0, 0.05) is 6.61 Å². The van der Waals surface area contributed by atoms with Gasteiger partial charge in [-0.3, -0.25) is 0 Å². The van der Waals surface area contributed by atoms with E-state index >= 15 is 0 Å². The lowest BCUT2D eigenvalue weighted by molar-refractivity contribution is 0.278. The van der Waals surface area contributed by atoms with Crippen molar-refractivity contribution >= 4 is 0 Å². The van der Waals surface area contributed by atoms with E-state index in [1.165, 1.54) is 0 Å². The van der Waals surface area contributed by atoms with Crippen molar-refractivity contribution in [1.29, 1.82) is 0 Å². The number of unbranched alkanes of at least 4 members (excludes halogenated alkanes) is 1. The van der Waals surface area contributed by atoms with Crippen LogP contribution in [0.15, 0.2) is 12.7 Å². The molecule has 0 aromatic heterocycles. The molecule has 2 nitrogen and oxygen atoms in total. The minimum atomic E-state index is 0.297. The fourth-order valence-electron chi connectivity index (χ4n) is 1.05. The first kappa shape index (κ1) is 7.76. The van der Waals surface area contributed by atoms with Gasteiger partial charge in [0.25, 0.3) is 0 Å². The normalized spacial score (nSPS) is 30.1. The molecule has 0 radical (unpaired) electrons. The van der Waals surface area contributed by atoms with E-state index in [-0.39, 0.29) is 0 Å². The first-order valence-electron chi connectivity index (χ1n) is 3.77. The van der Waals surface area contributed by atoms with E-state index in [1.54, 1.807) is 0 Å². The summed E-state index contributed by atoms with van der Waals surface area (Å²) in [7, 11) is 0. The molecule has 2 atom stereocenters. The molecule has 2 heteroatoms. The van der Waals surface area contributed by atoms with E-state index in [9.17, 15) is 0 Å². The van der Waals surface area contributed by atoms with Gasteiger partial charge >= 0.3 is 0 Å². The molecule has 0 aromatic rings. The van der Waals surface area contributed by atoms with Crippen LogP contribution in [0, 0.1) is 0 Å². The van der Waals surface area contributed by atoms with Crippen LogP contribution in [-0.2, 0) is 4.74 Å². The highest BCUT2D eigenvalue weighted by Gasteiger charge is 2.34. The molecule has 10 heavy (non-hydrogen) atoms. The highest BCUT2D eigenvalue weighted by molar-refractivity contribution is 4.97. The van der Waals surface area contributed by atoms with E-state index in [1.807, 2.05) is 6.08 Å². The third-order valence-electron chi connectivity index (χ3n) is 1.75. The molecule has 0 aromatic carbocycles. The summed E-state index contributed by atoms with van der Waals surface area (Å²) in [6.07, 6.45) is 5.57. The summed E-state index contributed by atoms with van der Waals surface area (Å²) >= 11 is 0. The Balaban J connectivity index is 1.91.